The van der Waals surface area contributed by atoms with Crippen LogP contribution in [0, 0.1) is 5.82 Å². The van der Waals surface area contributed by atoms with Crippen LogP contribution < -0.4 is 10.6 Å². The number of halogens is 2. The van der Waals surface area contributed by atoms with E-state index < -0.39 is 5.82 Å². The highest BCUT2D eigenvalue weighted by molar-refractivity contribution is 9.10. The molecule has 0 fully saturated rings. The lowest BCUT2D eigenvalue weighted by Crippen LogP contribution is -2.24. The SMILES string of the molecule is O=C(Nc1ccc(Br)c(F)c1)c1ccc2c(c1)CNCC2. The number of fused-ring (bicyclic) bond motifs is 1. The molecular formula is C16H14BrFN2O. The summed E-state index contributed by atoms with van der Waals surface area (Å²) < 4.78 is 13.8. The molecule has 5 heteroatoms. The van der Waals surface area contributed by atoms with Gasteiger partial charge in [-0.3, -0.25) is 4.79 Å². The third-order valence-corrected chi connectivity index (χ3v) is 4.18. The fraction of sp³-hybridized carbons (Fsp3) is 0.188. The molecule has 0 saturated heterocycles. The Hall–Kier alpha value is -1.72. The number of anilines is 1. The van der Waals surface area contributed by atoms with Gasteiger partial charge in [0.1, 0.15) is 5.82 Å². The van der Waals surface area contributed by atoms with Gasteiger partial charge < -0.3 is 10.6 Å². The second-order valence-corrected chi connectivity index (χ2v) is 5.85. The molecule has 0 saturated carbocycles. The van der Waals surface area contributed by atoms with Gasteiger partial charge in [0.25, 0.3) is 5.91 Å². The smallest absolute Gasteiger partial charge is 0.255 e. The predicted octanol–water partition coefficient (Wildman–Crippen LogP) is 3.49. The minimum Gasteiger partial charge on any atom is -0.322 e. The molecule has 0 atom stereocenters. The highest BCUT2D eigenvalue weighted by atomic mass is 79.9. The molecule has 1 amide bonds. The Labute approximate surface area is 130 Å². The molecule has 0 unspecified atom stereocenters. The average Bonchev–Trinajstić information content (AvgIpc) is 2.50. The van der Waals surface area contributed by atoms with Crippen LogP contribution >= 0.6 is 15.9 Å². The van der Waals surface area contributed by atoms with Crippen molar-refractivity contribution in [1.29, 1.82) is 0 Å². The lowest BCUT2D eigenvalue weighted by atomic mass is 9.98. The zero-order chi connectivity index (χ0) is 14.8. The molecule has 1 heterocycles. The summed E-state index contributed by atoms with van der Waals surface area (Å²) in [6, 6.07) is 10.2. The summed E-state index contributed by atoms with van der Waals surface area (Å²) in [6.07, 6.45) is 0.981. The lowest BCUT2D eigenvalue weighted by Gasteiger charge is -2.17. The van der Waals surface area contributed by atoms with Gasteiger partial charge in [-0.2, -0.15) is 0 Å². The third kappa shape index (κ3) is 3.14. The molecule has 3 nitrogen and oxygen atoms in total. The van der Waals surface area contributed by atoms with Crippen molar-refractivity contribution in [2.45, 2.75) is 13.0 Å². The Morgan fingerprint density at radius 3 is 2.86 bits per heavy atom. The van der Waals surface area contributed by atoms with Gasteiger partial charge in [0.05, 0.1) is 4.47 Å². The van der Waals surface area contributed by atoms with E-state index in [1.165, 1.54) is 11.6 Å². The van der Waals surface area contributed by atoms with Gasteiger partial charge in [-0.05, 0) is 70.4 Å². The molecule has 0 spiro atoms. The first kappa shape index (κ1) is 14.2. The van der Waals surface area contributed by atoms with Crippen molar-refractivity contribution in [3.8, 4) is 0 Å². The molecule has 108 valence electrons. The Kier molecular flexibility index (Phi) is 4.03. The number of carbonyl (C=O) groups is 1. The molecule has 2 aromatic rings. The molecule has 2 aromatic carbocycles. The molecule has 0 aliphatic carbocycles. The standard InChI is InChI=1S/C16H14BrFN2O/c17-14-4-3-13(8-15(14)18)20-16(21)11-2-1-10-5-6-19-9-12(10)7-11/h1-4,7-8,19H,5-6,9H2,(H,20,21). The first-order valence-electron chi connectivity index (χ1n) is 6.72. The summed E-state index contributed by atoms with van der Waals surface area (Å²) in [5.41, 5.74) is 3.45. The van der Waals surface area contributed by atoms with E-state index in [2.05, 4.69) is 26.6 Å². The maximum atomic E-state index is 13.5. The number of rotatable bonds is 2. The molecule has 0 radical (unpaired) electrons. The molecule has 0 bridgehead atoms. The number of nitrogens with one attached hydrogen (secondary N) is 2. The lowest BCUT2D eigenvalue weighted by molar-refractivity contribution is 0.102. The minimum absolute atomic E-state index is 0.231. The summed E-state index contributed by atoms with van der Waals surface area (Å²) in [4.78, 5) is 12.2. The molecular weight excluding hydrogens is 335 g/mol. The molecule has 21 heavy (non-hydrogen) atoms. The van der Waals surface area contributed by atoms with Crippen LogP contribution in [-0.4, -0.2) is 12.5 Å². The van der Waals surface area contributed by atoms with Crippen LogP contribution in [0.2, 0.25) is 0 Å². The van der Waals surface area contributed by atoms with Crippen LogP contribution in [0.1, 0.15) is 21.5 Å². The van der Waals surface area contributed by atoms with E-state index >= 15 is 0 Å². The van der Waals surface area contributed by atoms with Crippen LogP contribution in [0.15, 0.2) is 40.9 Å². The molecule has 1 aliphatic heterocycles. The highest BCUT2D eigenvalue weighted by Gasteiger charge is 2.13. The van der Waals surface area contributed by atoms with Gasteiger partial charge >= 0.3 is 0 Å². The van der Waals surface area contributed by atoms with Gasteiger partial charge in [0, 0.05) is 17.8 Å². The molecule has 3 rings (SSSR count). The summed E-state index contributed by atoms with van der Waals surface area (Å²) in [5, 5.41) is 6.00. The topological polar surface area (TPSA) is 41.1 Å². The van der Waals surface area contributed by atoms with Crippen LogP contribution in [0.25, 0.3) is 0 Å². The van der Waals surface area contributed by atoms with Crippen LogP contribution in [0.5, 0.6) is 0 Å². The van der Waals surface area contributed by atoms with Crippen molar-refractivity contribution >= 4 is 27.5 Å². The molecule has 1 aliphatic rings. The maximum Gasteiger partial charge on any atom is 0.255 e. The minimum atomic E-state index is -0.401. The van der Waals surface area contributed by atoms with Gasteiger partial charge in [-0.1, -0.05) is 6.07 Å². The van der Waals surface area contributed by atoms with E-state index in [-0.39, 0.29) is 5.91 Å². The monoisotopic (exact) mass is 348 g/mol. The normalized spacial score (nSPS) is 13.6. The van der Waals surface area contributed by atoms with Crippen LogP contribution in [0.3, 0.4) is 0 Å². The van der Waals surface area contributed by atoms with Crippen molar-refractivity contribution in [2.24, 2.45) is 0 Å². The second-order valence-electron chi connectivity index (χ2n) is 4.99. The summed E-state index contributed by atoms with van der Waals surface area (Å²) in [7, 11) is 0. The number of carbonyl (C=O) groups excluding carboxylic acids is 1. The number of hydrogen-bond donors (Lipinski definition) is 2. The average molecular weight is 349 g/mol. The maximum absolute atomic E-state index is 13.5. The fourth-order valence-corrected chi connectivity index (χ4v) is 2.65. The fourth-order valence-electron chi connectivity index (χ4n) is 2.40. The van der Waals surface area contributed by atoms with Crippen LogP contribution in [-0.2, 0) is 13.0 Å². The Morgan fingerprint density at radius 1 is 1.19 bits per heavy atom. The van der Waals surface area contributed by atoms with E-state index in [1.54, 1.807) is 12.1 Å². The largest absolute Gasteiger partial charge is 0.322 e. The Morgan fingerprint density at radius 2 is 2.05 bits per heavy atom. The molecule has 0 aromatic heterocycles. The van der Waals surface area contributed by atoms with E-state index in [0.717, 1.165) is 25.1 Å². The third-order valence-electron chi connectivity index (χ3n) is 3.53. The van der Waals surface area contributed by atoms with Crippen molar-refractivity contribution in [3.05, 3.63) is 63.4 Å². The van der Waals surface area contributed by atoms with Crippen molar-refractivity contribution in [2.75, 3.05) is 11.9 Å². The summed E-state index contributed by atoms with van der Waals surface area (Å²) in [6.45, 7) is 1.75. The van der Waals surface area contributed by atoms with E-state index in [1.807, 2.05) is 18.2 Å². The summed E-state index contributed by atoms with van der Waals surface area (Å²) in [5.74, 6) is -0.632. The molecule has 2 N–H and O–H groups in total. The van der Waals surface area contributed by atoms with Crippen LogP contribution in [0.4, 0.5) is 10.1 Å². The van der Waals surface area contributed by atoms with Crippen molar-refractivity contribution in [3.63, 3.8) is 0 Å². The summed E-state index contributed by atoms with van der Waals surface area (Å²) >= 11 is 3.09. The number of amides is 1. The number of benzene rings is 2. The van der Waals surface area contributed by atoms with Crippen molar-refractivity contribution < 1.29 is 9.18 Å². The first-order chi connectivity index (χ1) is 10.1. The quantitative estimate of drug-likeness (QED) is 0.872. The van der Waals surface area contributed by atoms with Gasteiger partial charge in [-0.25, -0.2) is 4.39 Å². The van der Waals surface area contributed by atoms with Gasteiger partial charge in [0.15, 0.2) is 0 Å². The van der Waals surface area contributed by atoms with Crippen molar-refractivity contribution in [1.82, 2.24) is 5.32 Å². The predicted molar refractivity (Wildman–Crippen MR) is 83.9 cm³/mol. The Balaban J connectivity index is 1.80. The van der Waals surface area contributed by atoms with E-state index in [9.17, 15) is 9.18 Å². The highest BCUT2D eigenvalue weighted by Crippen LogP contribution is 2.21. The second kappa shape index (κ2) is 5.95. The van der Waals surface area contributed by atoms with Gasteiger partial charge in [-0.15, -0.1) is 0 Å². The Bertz CT molecular complexity index is 703. The van der Waals surface area contributed by atoms with Gasteiger partial charge in [0.2, 0.25) is 0 Å². The zero-order valence-electron chi connectivity index (χ0n) is 11.2. The van der Waals surface area contributed by atoms with E-state index in [4.69, 9.17) is 0 Å². The van der Waals surface area contributed by atoms with E-state index in [0.29, 0.717) is 15.7 Å². The first-order valence-corrected chi connectivity index (χ1v) is 7.52. The number of hydrogen-bond acceptors (Lipinski definition) is 2. The zero-order valence-corrected chi connectivity index (χ0v) is 12.8.